The first-order valence-electron chi connectivity index (χ1n) is 5.92. The van der Waals surface area contributed by atoms with Gasteiger partial charge in [0.05, 0.1) is 6.10 Å². The van der Waals surface area contributed by atoms with Gasteiger partial charge in [-0.2, -0.15) is 0 Å². The molecule has 1 fully saturated rings. The summed E-state index contributed by atoms with van der Waals surface area (Å²) < 4.78 is 27.0. The Morgan fingerprint density at radius 1 is 1.39 bits per heavy atom. The lowest BCUT2D eigenvalue weighted by atomic mass is 9.95. The highest BCUT2D eigenvalue weighted by molar-refractivity contribution is 5.94. The fourth-order valence-electron chi connectivity index (χ4n) is 2.09. The molecule has 1 N–H and O–H groups in total. The maximum atomic E-state index is 13.5. The van der Waals surface area contributed by atoms with Crippen LogP contribution in [0.3, 0.4) is 0 Å². The number of benzene rings is 1. The van der Waals surface area contributed by atoms with Gasteiger partial charge in [-0.15, -0.1) is 0 Å². The Morgan fingerprint density at radius 2 is 2.00 bits per heavy atom. The first kappa shape index (κ1) is 13.0. The third-order valence-corrected chi connectivity index (χ3v) is 3.38. The molecule has 5 heteroatoms. The third-order valence-electron chi connectivity index (χ3n) is 3.38. The number of carbonyl (C=O) groups is 1. The van der Waals surface area contributed by atoms with Crippen LogP contribution in [0, 0.1) is 17.6 Å². The standard InChI is InChI=1S/C13H15F2NO2/c1-8-5-6-16(7-11(8)17)13(18)12-9(14)3-2-4-10(12)15/h2-4,8,11,17H,5-7H2,1H3. The van der Waals surface area contributed by atoms with Crippen molar-refractivity contribution in [3.8, 4) is 0 Å². The van der Waals surface area contributed by atoms with Crippen LogP contribution >= 0.6 is 0 Å². The number of β-amino-alcohol motifs (C(OH)–C–C–N with tert-alkyl or cyclic N) is 1. The lowest BCUT2D eigenvalue weighted by molar-refractivity contribution is 0.0243. The van der Waals surface area contributed by atoms with Crippen molar-refractivity contribution in [2.24, 2.45) is 5.92 Å². The number of nitrogens with zero attached hydrogens (tertiary/aromatic N) is 1. The van der Waals surface area contributed by atoms with Crippen molar-refractivity contribution in [1.82, 2.24) is 4.90 Å². The van der Waals surface area contributed by atoms with E-state index in [-0.39, 0.29) is 12.5 Å². The lowest BCUT2D eigenvalue weighted by Crippen LogP contribution is -2.46. The van der Waals surface area contributed by atoms with Gasteiger partial charge in [-0.05, 0) is 24.5 Å². The highest BCUT2D eigenvalue weighted by Crippen LogP contribution is 2.21. The van der Waals surface area contributed by atoms with Crippen molar-refractivity contribution >= 4 is 5.91 Å². The van der Waals surface area contributed by atoms with Gasteiger partial charge in [-0.1, -0.05) is 13.0 Å². The Hall–Kier alpha value is -1.49. The molecule has 0 aromatic heterocycles. The van der Waals surface area contributed by atoms with E-state index in [1.165, 1.54) is 11.0 Å². The molecule has 18 heavy (non-hydrogen) atoms. The Bertz CT molecular complexity index is 444. The molecule has 0 spiro atoms. The van der Waals surface area contributed by atoms with Crippen molar-refractivity contribution < 1.29 is 18.7 Å². The minimum atomic E-state index is -0.867. The van der Waals surface area contributed by atoms with Gasteiger partial charge >= 0.3 is 0 Å². The Kier molecular flexibility index (Phi) is 3.61. The monoisotopic (exact) mass is 255 g/mol. The summed E-state index contributed by atoms with van der Waals surface area (Å²) in [6, 6.07) is 3.33. The zero-order valence-corrected chi connectivity index (χ0v) is 10.1. The Labute approximate surface area is 104 Å². The molecule has 1 aromatic rings. The second-order valence-electron chi connectivity index (χ2n) is 4.68. The van der Waals surface area contributed by atoms with E-state index in [1.54, 1.807) is 0 Å². The van der Waals surface area contributed by atoms with Crippen molar-refractivity contribution in [1.29, 1.82) is 0 Å². The molecule has 1 aliphatic heterocycles. The SMILES string of the molecule is CC1CCN(C(=O)c2c(F)cccc2F)CC1O. The fourth-order valence-corrected chi connectivity index (χ4v) is 2.09. The maximum Gasteiger partial charge on any atom is 0.259 e. The molecule has 0 saturated carbocycles. The second-order valence-corrected chi connectivity index (χ2v) is 4.68. The molecule has 2 atom stereocenters. The van der Waals surface area contributed by atoms with Crippen LogP contribution in [0.2, 0.25) is 0 Å². The molecule has 98 valence electrons. The van der Waals surface area contributed by atoms with Crippen LogP contribution in [-0.4, -0.2) is 35.1 Å². The number of halogens is 2. The zero-order valence-electron chi connectivity index (χ0n) is 10.1. The van der Waals surface area contributed by atoms with Crippen LogP contribution in [0.4, 0.5) is 8.78 Å². The van der Waals surface area contributed by atoms with Crippen molar-refractivity contribution in [3.05, 3.63) is 35.4 Å². The van der Waals surface area contributed by atoms with E-state index >= 15 is 0 Å². The first-order valence-corrected chi connectivity index (χ1v) is 5.92. The topological polar surface area (TPSA) is 40.5 Å². The van der Waals surface area contributed by atoms with Gasteiger partial charge in [-0.3, -0.25) is 4.79 Å². The zero-order chi connectivity index (χ0) is 13.3. The van der Waals surface area contributed by atoms with Crippen molar-refractivity contribution in [3.63, 3.8) is 0 Å². The molecule has 0 aliphatic carbocycles. The van der Waals surface area contributed by atoms with Crippen molar-refractivity contribution in [2.75, 3.05) is 13.1 Å². The smallest absolute Gasteiger partial charge is 0.259 e. The lowest BCUT2D eigenvalue weighted by Gasteiger charge is -2.34. The molecular formula is C13H15F2NO2. The van der Waals surface area contributed by atoms with E-state index in [2.05, 4.69) is 0 Å². The maximum absolute atomic E-state index is 13.5. The summed E-state index contributed by atoms with van der Waals surface area (Å²) in [7, 11) is 0. The Morgan fingerprint density at radius 3 is 2.56 bits per heavy atom. The molecule has 0 bridgehead atoms. The van der Waals surface area contributed by atoms with Gasteiger partial charge in [-0.25, -0.2) is 8.78 Å². The van der Waals surface area contributed by atoms with Gasteiger partial charge in [0.1, 0.15) is 17.2 Å². The van der Waals surface area contributed by atoms with Crippen LogP contribution in [0.15, 0.2) is 18.2 Å². The van der Waals surface area contributed by atoms with E-state index in [1.807, 2.05) is 6.92 Å². The largest absolute Gasteiger partial charge is 0.391 e. The van der Waals surface area contributed by atoms with Crippen LogP contribution in [-0.2, 0) is 0 Å². The molecule has 1 aliphatic rings. The van der Waals surface area contributed by atoms with Gasteiger partial charge in [0.2, 0.25) is 0 Å². The molecular weight excluding hydrogens is 240 g/mol. The number of aliphatic hydroxyl groups excluding tert-OH is 1. The average Bonchev–Trinajstić information content (AvgIpc) is 2.32. The highest BCUT2D eigenvalue weighted by Gasteiger charge is 2.30. The summed E-state index contributed by atoms with van der Waals surface area (Å²) in [5, 5.41) is 9.70. The minimum Gasteiger partial charge on any atom is -0.391 e. The third kappa shape index (κ3) is 2.36. The molecule has 1 heterocycles. The van der Waals surface area contributed by atoms with Crippen LogP contribution in [0.5, 0.6) is 0 Å². The van der Waals surface area contributed by atoms with Gasteiger partial charge in [0.15, 0.2) is 0 Å². The number of hydrogen-bond donors (Lipinski definition) is 1. The molecule has 1 saturated heterocycles. The van der Waals surface area contributed by atoms with Crippen LogP contribution in [0.25, 0.3) is 0 Å². The number of amides is 1. The normalized spacial score (nSPS) is 24.1. The number of piperidine rings is 1. The quantitative estimate of drug-likeness (QED) is 0.831. The molecule has 1 aromatic carbocycles. The summed E-state index contributed by atoms with van der Waals surface area (Å²) in [6.45, 7) is 2.41. The number of likely N-dealkylation sites (tertiary alicyclic amines) is 1. The first-order chi connectivity index (χ1) is 8.50. The average molecular weight is 255 g/mol. The van der Waals surface area contributed by atoms with Gasteiger partial charge in [0, 0.05) is 13.1 Å². The molecule has 3 nitrogen and oxygen atoms in total. The Balaban J connectivity index is 2.22. The summed E-state index contributed by atoms with van der Waals surface area (Å²) >= 11 is 0. The summed E-state index contributed by atoms with van der Waals surface area (Å²) in [5.41, 5.74) is -0.542. The van der Waals surface area contributed by atoms with E-state index in [4.69, 9.17) is 0 Å². The summed E-state index contributed by atoms with van der Waals surface area (Å²) in [4.78, 5) is 13.3. The van der Waals surface area contributed by atoms with Gasteiger partial charge in [0.25, 0.3) is 5.91 Å². The van der Waals surface area contributed by atoms with Crippen LogP contribution < -0.4 is 0 Å². The minimum absolute atomic E-state index is 0.0968. The number of hydrogen-bond acceptors (Lipinski definition) is 2. The molecule has 0 radical (unpaired) electrons. The number of aliphatic hydroxyl groups is 1. The summed E-state index contributed by atoms with van der Waals surface area (Å²) in [6.07, 6.45) is -0.0132. The van der Waals surface area contributed by atoms with E-state index in [9.17, 15) is 18.7 Å². The fraction of sp³-hybridized carbons (Fsp3) is 0.462. The number of rotatable bonds is 1. The van der Waals surface area contributed by atoms with Gasteiger partial charge < -0.3 is 10.0 Å². The van der Waals surface area contributed by atoms with Crippen LogP contribution in [0.1, 0.15) is 23.7 Å². The molecule has 2 unspecified atom stereocenters. The highest BCUT2D eigenvalue weighted by atomic mass is 19.1. The van der Waals surface area contributed by atoms with E-state index in [0.29, 0.717) is 13.0 Å². The van der Waals surface area contributed by atoms with Crippen molar-refractivity contribution in [2.45, 2.75) is 19.4 Å². The second kappa shape index (κ2) is 5.02. The van der Waals surface area contributed by atoms with E-state index < -0.39 is 29.2 Å². The summed E-state index contributed by atoms with van der Waals surface area (Å²) in [5.74, 6) is -2.34. The predicted octanol–water partition coefficient (Wildman–Crippen LogP) is 1.81. The predicted molar refractivity (Wildman–Crippen MR) is 62.0 cm³/mol. The number of carbonyl (C=O) groups excluding carboxylic acids is 1. The van der Waals surface area contributed by atoms with E-state index in [0.717, 1.165) is 12.1 Å². The molecule has 2 rings (SSSR count). The molecule has 1 amide bonds.